The predicted octanol–water partition coefficient (Wildman–Crippen LogP) is 1.23. The summed E-state index contributed by atoms with van der Waals surface area (Å²) in [5.74, 6) is 2.63. The lowest BCUT2D eigenvalue weighted by molar-refractivity contribution is 0.522. The topological polar surface area (TPSA) is 131 Å². The number of rotatable bonds is 4. The van der Waals surface area contributed by atoms with Crippen molar-refractivity contribution in [3.05, 3.63) is 28.4 Å². The van der Waals surface area contributed by atoms with Crippen LogP contribution in [0.1, 0.15) is 38.4 Å². The van der Waals surface area contributed by atoms with Crippen molar-refractivity contribution in [3.8, 4) is 0 Å². The van der Waals surface area contributed by atoms with Gasteiger partial charge in [-0.2, -0.15) is 10.1 Å². The number of H-pyrrole nitrogens is 1. The van der Waals surface area contributed by atoms with Gasteiger partial charge in [0.25, 0.3) is 5.56 Å². The number of aryl methyl sites for hydroxylation is 1. The smallest absolute Gasteiger partial charge is 0.254 e. The zero-order valence-corrected chi connectivity index (χ0v) is 16.3. The number of hydrogen-bond donors (Lipinski definition) is 3. The van der Waals surface area contributed by atoms with E-state index in [4.69, 9.17) is 10.7 Å². The Hall–Kier alpha value is -3.17. The molecule has 0 saturated carbocycles. The van der Waals surface area contributed by atoms with Crippen LogP contribution in [0, 0.1) is 0 Å². The number of nitrogen functional groups attached to an aromatic ring is 1. The van der Waals surface area contributed by atoms with Gasteiger partial charge in [-0.15, -0.1) is 0 Å². The second kappa shape index (κ2) is 7.10. The monoisotopic (exact) mass is 383 g/mol. The van der Waals surface area contributed by atoms with Crippen LogP contribution in [0.25, 0.3) is 11.0 Å². The van der Waals surface area contributed by atoms with Gasteiger partial charge in [0, 0.05) is 38.2 Å². The van der Waals surface area contributed by atoms with Crippen molar-refractivity contribution in [3.63, 3.8) is 0 Å². The van der Waals surface area contributed by atoms with Gasteiger partial charge in [0.15, 0.2) is 5.65 Å². The Balaban J connectivity index is 1.51. The maximum Gasteiger partial charge on any atom is 0.254 e. The van der Waals surface area contributed by atoms with Gasteiger partial charge in [0.05, 0.1) is 11.6 Å². The molecule has 148 valence electrons. The van der Waals surface area contributed by atoms with Gasteiger partial charge in [-0.1, -0.05) is 13.8 Å². The second-order valence-corrected chi connectivity index (χ2v) is 7.49. The van der Waals surface area contributed by atoms with Crippen LogP contribution in [0.3, 0.4) is 0 Å². The van der Waals surface area contributed by atoms with Gasteiger partial charge in [-0.3, -0.25) is 14.5 Å². The molecule has 4 heterocycles. The zero-order chi connectivity index (χ0) is 19.8. The Labute approximate surface area is 162 Å². The first kappa shape index (κ1) is 18.2. The highest BCUT2D eigenvalue weighted by Crippen LogP contribution is 2.25. The molecule has 0 bridgehead atoms. The standard InChI is InChI=1S/C18H25N9O/c1-10(2)15-24-16(12-9-20-26(3)17(12)25-15)21-11-4-6-27(7-5-11)13-8-14(28)23-18(19)22-13/h8-11H,4-7H2,1-3H3,(H,21,24,25)(H3,19,22,23,28). The summed E-state index contributed by atoms with van der Waals surface area (Å²) >= 11 is 0. The van der Waals surface area contributed by atoms with E-state index < -0.39 is 0 Å². The molecule has 3 aromatic heterocycles. The number of nitrogens with zero attached hydrogens (tertiary/aromatic N) is 6. The lowest BCUT2D eigenvalue weighted by Crippen LogP contribution is -2.40. The quantitative estimate of drug-likeness (QED) is 0.613. The molecule has 0 radical (unpaired) electrons. The van der Waals surface area contributed by atoms with E-state index in [-0.39, 0.29) is 23.5 Å². The molecule has 1 aliphatic heterocycles. The maximum absolute atomic E-state index is 11.6. The molecule has 0 amide bonds. The van der Waals surface area contributed by atoms with E-state index >= 15 is 0 Å². The Morgan fingerprint density at radius 3 is 2.68 bits per heavy atom. The molecule has 1 saturated heterocycles. The minimum atomic E-state index is -0.232. The average molecular weight is 383 g/mol. The molecule has 10 heteroatoms. The molecular formula is C18H25N9O. The summed E-state index contributed by atoms with van der Waals surface area (Å²) in [7, 11) is 1.89. The first-order valence-corrected chi connectivity index (χ1v) is 9.48. The number of aromatic amines is 1. The molecule has 3 aromatic rings. The summed E-state index contributed by atoms with van der Waals surface area (Å²) in [6, 6.07) is 1.76. The van der Waals surface area contributed by atoms with Gasteiger partial charge in [-0.05, 0) is 12.8 Å². The SMILES string of the molecule is CC(C)c1nc(NC2CCN(c3cc(=O)[nH]c(N)n3)CC2)c2cnn(C)c2n1. The maximum atomic E-state index is 11.6. The van der Waals surface area contributed by atoms with Crippen LogP contribution in [-0.4, -0.2) is 48.8 Å². The van der Waals surface area contributed by atoms with Crippen molar-refractivity contribution in [2.75, 3.05) is 29.0 Å². The van der Waals surface area contributed by atoms with Crippen molar-refractivity contribution in [2.45, 2.75) is 38.6 Å². The third-order valence-corrected chi connectivity index (χ3v) is 5.03. The van der Waals surface area contributed by atoms with Crippen LogP contribution in [0.5, 0.6) is 0 Å². The largest absolute Gasteiger partial charge is 0.369 e. The molecule has 0 unspecified atom stereocenters. The molecule has 0 aromatic carbocycles. The van der Waals surface area contributed by atoms with Gasteiger partial charge in [0.2, 0.25) is 5.95 Å². The molecule has 4 rings (SSSR count). The molecule has 0 atom stereocenters. The van der Waals surface area contributed by atoms with Crippen LogP contribution < -0.4 is 21.5 Å². The van der Waals surface area contributed by atoms with Gasteiger partial charge >= 0.3 is 0 Å². The highest BCUT2D eigenvalue weighted by Gasteiger charge is 2.23. The molecule has 4 N–H and O–H groups in total. The fourth-order valence-electron chi connectivity index (χ4n) is 3.48. The summed E-state index contributed by atoms with van der Waals surface area (Å²) in [6.07, 6.45) is 3.61. The minimum Gasteiger partial charge on any atom is -0.369 e. The van der Waals surface area contributed by atoms with Crippen molar-refractivity contribution in [1.29, 1.82) is 0 Å². The van der Waals surface area contributed by atoms with Gasteiger partial charge in [0.1, 0.15) is 17.5 Å². The third kappa shape index (κ3) is 3.49. The van der Waals surface area contributed by atoms with Crippen LogP contribution in [0.4, 0.5) is 17.6 Å². The Bertz CT molecular complexity index is 1050. The van der Waals surface area contributed by atoms with Crippen molar-refractivity contribution in [2.24, 2.45) is 7.05 Å². The summed E-state index contributed by atoms with van der Waals surface area (Å²) < 4.78 is 1.78. The fourth-order valence-corrected chi connectivity index (χ4v) is 3.48. The van der Waals surface area contributed by atoms with Crippen molar-refractivity contribution >= 4 is 28.6 Å². The summed E-state index contributed by atoms with van der Waals surface area (Å²) in [4.78, 5) is 29.8. The number of hydrogen-bond acceptors (Lipinski definition) is 8. The predicted molar refractivity (Wildman–Crippen MR) is 109 cm³/mol. The van der Waals surface area contributed by atoms with E-state index in [9.17, 15) is 4.79 Å². The number of anilines is 3. The number of fused-ring (bicyclic) bond motifs is 1. The van der Waals surface area contributed by atoms with Crippen LogP contribution in [0.15, 0.2) is 17.1 Å². The zero-order valence-electron chi connectivity index (χ0n) is 16.3. The molecule has 0 spiro atoms. The van der Waals surface area contributed by atoms with Crippen molar-refractivity contribution < 1.29 is 0 Å². The van der Waals surface area contributed by atoms with Crippen molar-refractivity contribution in [1.82, 2.24) is 29.7 Å². The number of aromatic nitrogens is 6. The molecule has 1 fully saturated rings. The molecule has 10 nitrogen and oxygen atoms in total. The van der Waals surface area contributed by atoms with E-state index in [1.165, 1.54) is 6.07 Å². The lowest BCUT2D eigenvalue weighted by atomic mass is 10.0. The highest BCUT2D eigenvalue weighted by atomic mass is 16.1. The molecular weight excluding hydrogens is 358 g/mol. The summed E-state index contributed by atoms with van der Waals surface area (Å²) in [6.45, 7) is 5.73. The van der Waals surface area contributed by atoms with E-state index in [0.29, 0.717) is 5.82 Å². The van der Waals surface area contributed by atoms with E-state index in [2.05, 4.69) is 44.1 Å². The number of nitrogens with one attached hydrogen (secondary N) is 2. The first-order valence-electron chi connectivity index (χ1n) is 9.48. The van der Waals surface area contributed by atoms with Crippen LogP contribution in [0.2, 0.25) is 0 Å². The van der Waals surface area contributed by atoms with E-state index in [1.54, 1.807) is 10.9 Å². The average Bonchev–Trinajstić information content (AvgIpc) is 3.03. The summed E-state index contributed by atoms with van der Waals surface area (Å²) in [5, 5.41) is 8.84. The Morgan fingerprint density at radius 2 is 2.00 bits per heavy atom. The van der Waals surface area contributed by atoms with Crippen LogP contribution in [-0.2, 0) is 7.05 Å². The lowest BCUT2D eigenvalue weighted by Gasteiger charge is -2.33. The highest BCUT2D eigenvalue weighted by molar-refractivity contribution is 5.86. The third-order valence-electron chi connectivity index (χ3n) is 5.03. The number of piperidine rings is 1. The summed E-state index contributed by atoms with van der Waals surface area (Å²) in [5.41, 5.74) is 6.26. The normalized spacial score (nSPS) is 15.5. The number of nitrogens with two attached hydrogens (primary N) is 1. The minimum absolute atomic E-state index is 0.143. The van der Waals surface area contributed by atoms with E-state index in [1.807, 2.05) is 7.05 Å². The van der Waals surface area contributed by atoms with Gasteiger partial charge < -0.3 is 16.0 Å². The van der Waals surface area contributed by atoms with Crippen LogP contribution >= 0.6 is 0 Å². The molecule has 28 heavy (non-hydrogen) atoms. The molecule has 1 aliphatic rings. The Kier molecular flexibility index (Phi) is 4.62. The second-order valence-electron chi connectivity index (χ2n) is 7.49. The fraction of sp³-hybridized carbons (Fsp3) is 0.500. The molecule has 0 aliphatic carbocycles. The first-order chi connectivity index (χ1) is 13.4. The van der Waals surface area contributed by atoms with E-state index in [0.717, 1.165) is 48.6 Å². The van der Waals surface area contributed by atoms with Gasteiger partial charge in [-0.25, -0.2) is 9.97 Å². The Morgan fingerprint density at radius 1 is 1.25 bits per heavy atom.